The number of halogens is 3. The highest BCUT2D eigenvalue weighted by Crippen LogP contribution is 2.42. The molecular formula is C29H40F3N5O2. The molecule has 5 rings (SSSR count). The van der Waals surface area contributed by atoms with Gasteiger partial charge in [-0.15, -0.1) is 0 Å². The third kappa shape index (κ3) is 5.87. The molecule has 3 aliphatic rings. The number of fused-ring (bicyclic) bond motifs is 1. The van der Waals surface area contributed by atoms with Crippen LogP contribution in [0.5, 0.6) is 0 Å². The normalized spacial score (nSPS) is 32.4. The zero-order chi connectivity index (χ0) is 28.1. The van der Waals surface area contributed by atoms with Gasteiger partial charge in [-0.05, 0) is 76.3 Å². The molecule has 0 bridgehead atoms. The van der Waals surface area contributed by atoms with Crippen LogP contribution in [0, 0.1) is 24.7 Å². The Hall–Kier alpha value is -2.46. The maximum Gasteiger partial charge on any atom is 0.391 e. The number of alkyl halides is 3. The molecule has 3 heterocycles. The molecule has 7 unspecified atom stereocenters. The van der Waals surface area contributed by atoms with Crippen molar-refractivity contribution >= 4 is 16.8 Å². The number of aryl methyl sites for hydroxylation is 2. The molecule has 1 saturated heterocycles. The van der Waals surface area contributed by atoms with E-state index in [1.165, 1.54) is 0 Å². The van der Waals surface area contributed by atoms with Crippen molar-refractivity contribution in [2.24, 2.45) is 24.8 Å². The summed E-state index contributed by atoms with van der Waals surface area (Å²) in [5.41, 5.74) is 2.34. The molecule has 3 fully saturated rings. The second-order valence-electron chi connectivity index (χ2n) is 12.3. The summed E-state index contributed by atoms with van der Waals surface area (Å²) in [6.07, 6.45) is -0.0187. The van der Waals surface area contributed by atoms with Crippen LogP contribution in [-0.4, -0.2) is 57.9 Å². The van der Waals surface area contributed by atoms with Gasteiger partial charge in [0.15, 0.2) is 0 Å². The number of nitrogens with zero attached hydrogens (tertiary/aromatic N) is 3. The van der Waals surface area contributed by atoms with Gasteiger partial charge < -0.3 is 15.2 Å². The molecule has 2 aromatic heterocycles. The van der Waals surface area contributed by atoms with Gasteiger partial charge in [0, 0.05) is 67.1 Å². The van der Waals surface area contributed by atoms with Gasteiger partial charge in [0.25, 0.3) is 5.56 Å². The Morgan fingerprint density at radius 1 is 1.13 bits per heavy atom. The zero-order valence-electron chi connectivity index (χ0n) is 23.2. The van der Waals surface area contributed by atoms with Crippen LogP contribution in [0.25, 0.3) is 10.9 Å². The lowest BCUT2D eigenvalue weighted by Crippen LogP contribution is -2.49. The minimum absolute atomic E-state index is 0.0460. The van der Waals surface area contributed by atoms with Crippen molar-refractivity contribution in [3.63, 3.8) is 0 Å². The van der Waals surface area contributed by atoms with E-state index < -0.39 is 18.0 Å². The first-order valence-corrected chi connectivity index (χ1v) is 14.2. The third-order valence-electron chi connectivity index (χ3n) is 9.40. The number of pyridine rings is 2. The molecule has 2 N–H and O–H groups in total. The van der Waals surface area contributed by atoms with E-state index in [2.05, 4.69) is 27.4 Å². The fraction of sp³-hybridized carbons (Fsp3) is 0.690. The van der Waals surface area contributed by atoms with Gasteiger partial charge in [-0.2, -0.15) is 13.2 Å². The monoisotopic (exact) mass is 547 g/mol. The predicted molar refractivity (Wildman–Crippen MR) is 144 cm³/mol. The summed E-state index contributed by atoms with van der Waals surface area (Å²) in [4.78, 5) is 33.3. The number of rotatable bonds is 4. The molecule has 0 spiro atoms. The summed E-state index contributed by atoms with van der Waals surface area (Å²) < 4.78 is 43.2. The van der Waals surface area contributed by atoms with E-state index in [-0.39, 0.29) is 54.3 Å². The Labute approximate surface area is 227 Å². The van der Waals surface area contributed by atoms with Crippen LogP contribution in [0.15, 0.2) is 23.1 Å². The van der Waals surface area contributed by atoms with Gasteiger partial charge in [-0.1, -0.05) is 6.92 Å². The molecule has 2 aromatic rings. The molecular weight excluding hydrogens is 507 g/mol. The number of amides is 1. The molecule has 39 heavy (non-hydrogen) atoms. The molecule has 7 nitrogen and oxygen atoms in total. The fourth-order valence-corrected chi connectivity index (χ4v) is 7.06. The number of hydrogen-bond acceptors (Lipinski definition) is 5. The van der Waals surface area contributed by atoms with Crippen LogP contribution >= 0.6 is 0 Å². The van der Waals surface area contributed by atoms with Crippen molar-refractivity contribution in [1.82, 2.24) is 25.1 Å². The Balaban J connectivity index is 1.32. The zero-order valence-corrected chi connectivity index (χ0v) is 23.2. The highest BCUT2D eigenvalue weighted by Gasteiger charge is 2.48. The SMILES string of the molecule is Cc1cc2c(cn1)cc(C1CC(NC(=O)C3CC(N4CNC(C)C4)CC(C(F)(F)F)C3)CCC1C)c(=O)n2C. The molecule has 0 aromatic carbocycles. The number of aromatic nitrogens is 2. The molecule has 2 saturated carbocycles. The van der Waals surface area contributed by atoms with E-state index in [4.69, 9.17) is 0 Å². The second-order valence-corrected chi connectivity index (χ2v) is 12.3. The molecule has 0 radical (unpaired) electrons. The summed E-state index contributed by atoms with van der Waals surface area (Å²) >= 11 is 0. The number of hydrogen-bond donors (Lipinski definition) is 2. The van der Waals surface area contributed by atoms with Gasteiger partial charge in [0.1, 0.15) is 0 Å². The number of carbonyl (C=O) groups is 1. The second kappa shape index (κ2) is 10.8. The Kier molecular flexibility index (Phi) is 7.81. The van der Waals surface area contributed by atoms with E-state index in [0.717, 1.165) is 29.4 Å². The highest BCUT2D eigenvalue weighted by molar-refractivity contribution is 5.80. The largest absolute Gasteiger partial charge is 0.391 e. The Morgan fingerprint density at radius 2 is 1.90 bits per heavy atom. The van der Waals surface area contributed by atoms with Crippen molar-refractivity contribution in [2.75, 3.05) is 13.2 Å². The molecule has 7 atom stereocenters. The lowest BCUT2D eigenvalue weighted by Gasteiger charge is -2.40. The van der Waals surface area contributed by atoms with Crippen molar-refractivity contribution in [2.45, 2.75) is 89.5 Å². The average molecular weight is 548 g/mol. The average Bonchev–Trinajstić information content (AvgIpc) is 3.33. The van der Waals surface area contributed by atoms with E-state index in [9.17, 15) is 22.8 Å². The summed E-state index contributed by atoms with van der Waals surface area (Å²) in [7, 11) is 1.77. The maximum atomic E-state index is 13.9. The lowest BCUT2D eigenvalue weighted by molar-refractivity contribution is -0.191. The van der Waals surface area contributed by atoms with Gasteiger partial charge >= 0.3 is 6.18 Å². The van der Waals surface area contributed by atoms with E-state index in [1.807, 2.05) is 26.0 Å². The van der Waals surface area contributed by atoms with Crippen LogP contribution in [0.4, 0.5) is 13.2 Å². The topological polar surface area (TPSA) is 79.3 Å². The predicted octanol–water partition coefficient (Wildman–Crippen LogP) is 4.23. The smallest absolute Gasteiger partial charge is 0.353 e. The fourth-order valence-electron chi connectivity index (χ4n) is 7.06. The first-order valence-electron chi connectivity index (χ1n) is 14.2. The summed E-state index contributed by atoms with van der Waals surface area (Å²) in [5.74, 6) is -2.22. The lowest BCUT2D eigenvalue weighted by atomic mass is 9.74. The minimum Gasteiger partial charge on any atom is -0.353 e. The van der Waals surface area contributed by atoms with E-state index >= 15 is 0 Å². The van der Waals surface area contributed by atoms with E-state index in [1.54, 1.807) is 17.8 Å². The van der Waals surface area contributed by atoms with Crippen molar-refractivity contribution in [1.29, 1.82) is 0 Å². The first kappa shape index (κ1) is 28.1. The molecule has 214 valence electrons. The first-order chi connectivity index (χ1) is 18.4. The molecule has 10 heteroatoms. The van der Waals surface area contributed by atoms with Crippen LogP contribution in [0.2, 0.25) is 0 Å². The number of nitrogens with one attached hydrogen (secondary N) is 2. The van der Waals surface area contributed by atoms with Crippen LogP contribution in [0.3, 0.4) is 0 Å². The standard InChI is InChI=1S/C29H40F3N5O2/c1-16-5-6-22(12-24(16)25-10-20-13-33-17(2)7-26(20)36(4)28(25)39)35-27(38)19-8-21(29(30,31)32)11-23(9-19)37-14-18(3)34-15-37/h7,10,13,16,18-19,21-24,34H,5-6,8-9,11-12,14-15H2,1-4H3,(H,35,38). The molecule has 1 amide bonds. The van der Waals surface area contributed by atoms with Gasteiger partial charge in [-0.3, -0.25) is 19.5 Å². The third-order valence-corrected chi connectivity index (χ3v) is 9.40. The quantitative estimate of drug-likeness (QED) is 0.599. The van der Waals surface area contributed by atoms with Crippen molar-refractivity contribution in [3.8, 4) is 0 Å². The highest BCUT2D eigenvalue weighted by atomic mass is 19.4. The van der Waals surface area contributed by atoms with Gasteiger partial charge in [-0.25, -0.2) is 0 Å². The van der Waals surface area contributed by atoms with Crippen LogP contribution in [-0.2, 0) is 11.8 Å². The van der Waals surface area contributed by atoms with Crippen molar-refractivity contribution in [3.05, 3.63) is 39.9 Å². The van der Waals surface area contributed by atoms with Crippen molar-refractivity contribution < 1.29 is 18.0 Å². The summed E-state index contributed by atoms with van der Waals surface area (Å²) in [6, 6.07) is 3.62. The summed E-state index contributed by atoms with van der Waals surface area (Å²) in [6.45, 7) is 7.30. The van der Waals surface area contributed by atoms with Gasteiger partial charge in [0.2, 0.25) is 5.91 Å². The van der Waals surface area contributed by atoms with Crippen LogP contribution < -0.4 is 16.2 Å². The maximum absolute atomic E-state index is 13.9. The van der Waals surface area contributed by atoms with Gasteiger partial charge in [0.05, 0.1) is 11.4 Å². The molecule has 1 aliphatic heterocycles. The van der Waals surface area contributed by atoms with Crippen LogP contribution in [0.1, 0.15) is 69.5 Å². The summed E-state index contributed by atoms with van der Waals surface area (Å²) in [5, 5.41) is 7.30. The Morgan fingerprint density at radius 3 is 2.59 bits per heavy atom. The molecule has 2 aliphatic carbocycles. The Bertz CT molecular complexity index is 1280. The minimum atomic E-state index is -4.31. The number of carbonyl (C=O) groups excluding carboxylic acids is 1. The van der Waals surface area contributed by atoms with E-state index in [0.29, 0.717) is 31.6 Å².